The molecule has 3 nitrogen and oxygen atoms in total. The number of rotatable bonds is 15. The molecule has 0 fully saturated rings. The van der Waals surface area contributed by atoms with Crippen LogP contribution in [0.5, 0.6) is 5.75 Å². The monoisotopic (exact) mass is 396 g/mol. The van der Waals surface area contributed by atoms with E-state index in [4.69, 9.17) is 4.74 Å². The highest BCUT2D eigenvalue weighted by Gasteiger charge is 2.04. The molecule has 0 saturated heterocycles. The molecule has 2 aromatic rings. The predicted octanol–water partition coefficient (Wildman–Crippen LogP) is 7.64. The van der Waals surface area contributed by atoms with Crippen molar-refractivity contribution in [1.82, 2.24) is 9.97 Å². The van der Waals surface area contributed by atoms with Gasteiger partial charge in [0.1, 0.15) is 5.75 Å². The molecule has 0 radical (unpaired) electrons. The van der Waals surface area contributed by atoms with Gasteiger partial charge >= 0.3 is 0 Å². The van der Waals surface area contributed by atoms with Crippen molar-refractivity contribution < 1.29 is 4.74 Å². The van der Waals surface area contributed by atoms with Crippen LogP contribution in [0.1, 0.15) is 90.5 Å². The Bertz CT molecular complexity index is 651. The van der Waals surface area contributed by atoms with E-state index in [2.05, 4.69) is 30.7 Å². The summed E-state index contributed by atoms with van der Waals surface area (Å²) in [6, 6.07) is 8.11. The van der Waals surface area contributed by atoms with Gasteiger partial charge in [-0.15, -0.1) is 0 Å². The fraction of sp³-hybridized carbons (Fsp3) is 0.615. The zero-order valence-electron chi connectivity index (χ0n) is 18.8. The molecular formula is C26H40N2O. The number of nitrogens with zero attached hydrogens (tertiary/aromatic N) is 2. The van der Waals surface area contributed by atoms with E-state index >= 15 is 0 Å². The lowest BCUT2D eigenvalue weighted by Gasteiger charge is -2.11. The van der Waals surface area contributed by atoms with E-state index in [1.54, 1.807) is 0 Å². The van der Waals surface area contributed by atoms with Crippen LogP contribution in [0.25, 0.3) is 11.4 Å². The summed E-state index contributed by atoms with van der Waals surface area (Å²) in [5, 5.41) is 0. The molecule has 0 bridgehead atoms. The molecule has 0 saturated carbocycles. The number of ether oxygens (including phenoxy) is 1. The smallest absolute Gasteiger partial charge is 0.159 e. The van der Waals surface area contributed by atoms with Crippen LogP contribution >= 0.6 is 0 Å². The van der Waals surface area contributed by atoms with Crippen molar-refractivity contribution in [2.75, 3.05) is 6.61 Å². The lowest BCUT2D eigenvalue weighted by atomic mass is 10.1. The first-order valence-corrected chi connectivity index (χ1v) is 11.8. The van der Waals surface area contributed by atoms with Gasteiger partial charge in [0, 0.05) is 18.0 Å². The third-order valence-corrected chi connectivity index (χ3v) is 5.62. The van der Waals surface area contributed by atoms with Crippen molar-refractivity contribution >= 4 is 0 Å². The lowest BCUT2D eigenvalue weighted by molar-refractivity contribution is 0.256. The molecule has 1 aromatic carbocycles. The molecule has 1 heterocycles. The zero-order chi connectivity index (χ0) is 20.7. The van der Waals surface area contributed by atoms with Crippen molar-refractivity contribution in [2.24, 2.45) is 5.92 Å². The van der Waals surface area contributed by atoms with E-state index in [0.717, 1.165) is 36.6 Å². The number of unbranched alkanes of at least 4 members (excludes halogenated alkanes) is 8. The lowest BCUT2D eigenvalue weighted by Crippen LogP contribution is -2.07. The van der Waals surface area contributed by atoms with Crippen LogP contribution in [0.15, 0.2) is 36.7 Å². The molecule has 160 valence electrons. The third kappa shape index (κ3) is 9.43. The van der Waals surface area contributed by atoms with Crippen LogP contribution in [0.2, 0.25) is 0 Å². The van der Waals surface area contributed by atoms with Gasteiger partial charge in [0.05, 0.1) is 6.61 Å². The van der Waals surface area contributed by atoms with Gasteiger partial charge in [-0.25, -0.2) is 9.97 Å². The predicted molar refractivity (Wildman–Crippen MR) is 123 cm³/mol. The Morgan fingerprint density at radius 1 is 0.793 bits per heavy atom. The number of hydrogen-bond acceptors (Lipinski definition) is 3. The highest BCUT2D eigenvalue weighted by molar-refractivity contribution is 5.55. The minimum atomic E-state index is 0.580. The summed E-state index contributed by atoms with van der Waals surface area (Å²) in [5.41, 5.74) is 2.28. The van der Waals surface area contributed by atoms with Crippen LogP contribution < -0.4 is 4.74 Å². The van der Waals surface area contributed by atoms with Crippen molar-refractivity contribution in [3.8, 4) is 17.1 Å². The highest BCUT2D eigenvalue weighted by Crippen LogP contribution is 2.20. The summed E-state index contributed by atoms with van der Waals surface area (Å²) in [5.74, 6) is 2.28. The minimum Gasteiger partial charge on any atom is -0.493 e. The first-order valence-electron chi connectivity index (χ1n) is 11.8. The maximum absolute atomic E-state index is 5.82. The maximum atomic E-state index is 5.82. The van der Waals surface area contributed by atoms with Crippen LogP contribution in [0.3, 0.4) is 0 Å². The number of benzene rings is 1. The minimum absolute atomic E-state index is 0.580. The van der Waals surface area contributed by atoms with E-state index in [0.29, 0.717) is 5.92 Å². The first-order chi connectivity index (χ1) is 14.2. The number of aryl methyl sites for hydroxylation is 1. The summed E-state index contributed by atoms with van der Waals surface area (Å²) in [6.45, 7) is 7.43. The van der Waals surface area contributed by atoms with Gasteiger partial charge in [0.2, 0.25) is 0 Å². The van der Waals surface area contributed by atoms with E-state index in [9.17, 15) is 0 Å². The average molecular weight is 397 g/mol. The van der Waals surface area contributed by atoms with Crippen LogP contribution in [0, 0.1) is 5.92 Å². The second kappa shape index (κ2) is 14.1. The Morgan fingerprint density at radius 2 is 1.38 bits per heavy atom. The molecule has 1 atom stereocenters. The molecule has 0 aliphatic rings. The van der Waals surface area contributed by atoms with Crippen molar-refractivity contribution in [3.63, 3.8) is 0 Å². The van der Waals surface area contributed by atoms with Crippen molar-refractivity contribution in [1.29, 1.82) is 0 Å². The molecule has 0 spiro atoms. The van der Waals surface area contributed by atoms with Crippen molar-refractivity contribution in [3.05, 3.63) is 42.2 Å². The zero-order valence-corrected chi connectivity index (χ0v) is 18.8. The Labute approximate surface area is 178 Å². The standard InChI is InChI=1S/C26H40N2O/c1-4-6-7-8-9-10-11-12-13-14-23-19-27-26(28-20-23)24-15-17-25(18-16-24)29-21-22(3)5-2/h15-20,22H,4-14,21H2,1-3H3. The highest BCUT2D eigenvalue weighted by atomic mass is 16.5. The van der Waals surface area contributed by atoms with Crippen LogP contribution in [0.4, 0.5) is 0 Å². The summed E-state index contributed by atoms with van der Waals surface area (Å²) < 4.78 is 5.82. The van der Waals surface area contributed by atoms with Gasteiger partial charge in [-0.3, -0.25) is 0 Å². The van der Waals surface area contributed by atoms with Gasteiger partial charge < -0.3 is 4.74 Å². The summed E-state index contributed by atoms with van der Waals surface area (Å²) in [4.78, 5) is 9.14. The third-order valence-electron chi connectivity index (χ3n) is 5.62. The average Bonchev–Trinajstić information content (AvgIpc) is 2.77. The van der Waals surface area contributed by atoms with Gasteiger partial charge in [0.25, 0.3) is 0 Å². The van der Waals surface area contributed by atoms with Crippen LogP contribution in [-0.4, -0.2) is 16.6 Å². The van der Waals surface area contributed by atoms with Gasteiger partial charge in [-0.2, -0.15) is 0 Å². The number of aromatic nitrogens is 2. The van der Waals surface area contributed by atoms with E-state index in [-0.39, 0.29) is 0 Å². The molecule has 0 aliphatic heterocycles. The van der Waals surface area contributed by atoms with Crippen LogP contribution in [-0.2, 0) is 6.42 Å². The molecule has 0 aliphatic carbocycles. The fourth-order valence-corrected chi connectivity index (χ4v) is 3.33. The fourth-order valence-electron chi connectivity index (χ4n) is 3.33. The first kappa shape index (κ1) is 23.4. The molecule has 0 N–H and O–H groups in total. The molecular weight excluding hydrogens is 356 g/mol. The maximum Gasteiger partial charge on any atom is 0.159 e. The van der Waals surface area contributed by atoms with Crippen molar-refractivity contribution in [2.45, 2.75) is 91.4 Å². The van der Waals surface area contributed by atoms with E-state index in [1.807, 2.05) is 36.7 Å². The largest absolute Gasteiger partial charge is 0.493 e. The molecule has 1 unspecified atom stereocenters. The molecule has 2 rings (SSSR count). The molecule has 29 heavy (non-hydrogen) atoms. The Kier molecular flexibility index (Phi) is 11.4. The quantitative estimate of drug-likeness (QED) is 0.290. The summed E-state index contributed by atoms with van der Waals surface area (Å²) in [6.07, 6.45) is 18.4. The van der Waals surface area contributed by atoms with Gasteiger partial charge in [-0.05, 0) is 48.6 Å². The second-order valence-electron chi connectivity index (χ2n) is 8.34. The molecule has 1 aromatic heterocycles. The normalized spacial score (nSPS) is 12.1. The van der Waals surface area contributed by atoms with Gasteiger partial charge in [0.15, 0.2) is 5.82 Å². The second-order valence-corrected chi connectivity index (χ2v) is 8.34. The SMILES string of the molecule is CCCCCCCCCCCc1cnc(-c2ccc(OCC(C)CC)cc2)nc1. The summed E-state index contributed by atoms with van der Waals surface area (Å²) in [7, 11) is 0. The summed E-state index contributed by atoms with van der Waals surface area (Å²) >= 11 is 0. The Hall–Kier alpha value is -1.90. The Morgan fingerprint density at radius 3 is 1.97 bits per heavy atom. The Balaban J connectivity index is 1.67. The van der Waals surface area contributed by atoms with E-state index < -0.39 is 0 Å². The molecule has 3 heteroatoms. The van der Waals surface area contributed by atoms with Gasteiger partial charge in [-0.1, -0.05) is 78.6 Å². The van der Waals surface area contributed by atoms with E-state index in [1.165, 1.54) is 63.4 Å². The molecule has 0 amide bonds. The topological polar surface area (TPSA) is 35.0 Å². The number of hydrogen-bond donors (Lipinski definition) is 0.